The van der Waals surface area contributed by atoms with Gasteiger partial charge in [-0.15, -0.1) is 0 Å². The number of hydrazone groups is 1. The highest BCUT2D eigenvalue weighted by Gasteiger charge is 2.63. The van der Waals surface area contributed by atoms with Crippen molar-refractivity contribution in [2.24, 2.45) is 33.3 Å². The third-order valence-electron chi connectivity index (χ3n) is 7.65. The topological polar surface area (TPSA) is 143 Å². The molecule has 4 rings (SSSR count). The van der Waals surface area contributed by atoms with Crippen LogP contribution in [0.5, 0.6) is 0 Å². The van der Waals surface area contributed by atoms with Crippen molar-refractivity contribution in [2.75, 3.05) is 39.5 Å². The van der Waals surface area contributed by atoms with Gasteiger partial charge < -0.3 is 25.5 Å². The van der Waals surface area contributed by atoms with E-state index in [0.717, 1.165) is 28.7 Å². The Morgan fingerprint density at radius 1 is 1.11 bits per heavy atom. The molecule has 17 heteroatoms. The predicted molar refractivity (Wildman–Crippen MR) is 213 cm³/mol. The lowest BCUT2D eigenvalue weighted by molar-refractivity contribution is -0.167. The number of nitrogens with one attached hydrogen (secondary N) is 1. The van der Waals surface area contributed by atoms with Gasteiger partial charge in [0.1, 0.15) is 24.2 Å². The number of likely N-dealkylation sites (N-methyl/N-ethyl adjacent to an activating group) is 1. The van der Waals surface area contributed by atoms with E-state index in [2.05, 4.69) is 54.6 Å². The Balaban J connectivity index is 0.000000735. The van der Waals surface area contributed by atoms with Crippen molar-refractivity contribution in [1.82, 2.24) is 20.0 Å². The number of hydrogen-bond acceptors (Lipinski definition) is 7. The van der Waals surface area contributed by atoms with Gasteiger partial charge in [-0.1, -0.05) is 69.6 Å². The number of carbonyl (C=O) groups excluding carboxylic acids is 2. The fraction of sp³-hybridized carbons (Fsp3) is 0.474. The molecule has 0 spiro atoms. The number of halogens is 5. The molecular formula is C38H54ClF4N9O3. The molecule has 0 radical (unpaired) electrons. The maximum absolute atomic E-state index is 12.0. The molecular weight excluding hydrogens is 742 g/mol. The number of methoxy groups -OCH3 is 1. The van der Waals surface area contributed by atoms with E-state index in [4.69, 9.17) is 22.1 Å². The van der Waals surface area contributed by atoms with Crippen LogP contribution in [0.15, 0.2) is 69.8 Å². The summed E-state index contributed by atoms with van der Waals surface area (Å²) in [4.78, 5) is 31.7. The van der Waals surface area contributed by atoms with Crippen molar-refractivity contribution in [2.45, 2.75) is 71.3 Å². The lowest BCUT2D eigenvalue weighted by Gasteiger charge is -2.30. The fourth-order valence-electron chi connectivity index (χ4n) is 4.68. The number of rotatable bonds is 14. The maximum atomic E-state index is 12.0. The first-order valence-corrected chi connectivity index (χ1v) is 17.5. The first-order chi connectivity index (χ1) is 25.8. The van der Waals surface area contributed by atoms with Crippen molar-refractivity contribution >= 4 is 49.0 Å². The number of aldehydes is 1. The molecule has 2 atom stereocenters. The minimum atomic E-state index is -4.28. The van der Waals surface area contributed by atoms with E-state index >= 15 is 0 Å². The van der Waals surface area contributed by atoms with Crippen molar-refractivity contribution in [1.29, 1.82) is 0 Å². The molecule has 3 N–H and O–H groups in total. The Labute approximate surface area is 326 Å². The van der Waals surface area contributed by atoms with Gasteiger partial charge >= 0.3 is 6.18 Å². The number of carbonyl (C=O) groups is 2. The Morgan fingerprint density at radius 3 is 2.11 bits per heavy atom. The van der Waals surface area contributed by atoms with Gasteiger partial charge in [0.05, 0.1) is 36.2 Å². The van der Waals surface area contributed by atoms with E-state index in [-0.39, 0.29) is 31.3 Å². The standard InChI is InChI=1S/C27H33ClN8O2.C5H6F3NO.C5H12.CH3F/c1-6-36(31-18-30-2)25-15-21(11-12-22(25)28)26(17-38-5)35(4)27(29)32-24(16-37)20-9-7-19(8-10-20)23-13-14-34(3)33-23;6-5(7,8)4(1-2-4)9-3-10;1-5(2,3)4;1-2/h7-16,18,24,26H,2,6,17H2,1,3-5H3,(H2,29,32);3H,1-2H2,(H,9,10);1-4H3;1H3/b31-18-;;;. The second-order valence-corrected chi connectivity index (χ2v) is 14.2. The van der Waals surface area contributed by atoms with Gasteiger partial charge in [-0.05, 0) is 61.2 Å². The summed E-state index contributed by atoms with van der Waals surface area (Å²) in [6, 6.07) is 14.0. The molecule has 3 aromatic rings. The van der Waals surface area contributed by atoms with Crippen molar-refractivity contribution < 1.29 is 31.9 Å². The lowest BCUT2D eigenvalue weighted by atomic mass is 10.0. The molecule has 1 saturated carbocycles. The van der Waals surface area contributed by atoms with E-state index in [1.165, 1.54) is 6.34 Å². The Bertz CT molecular complexity index is 1680. The Morgan fingerprint density at radius 2 is 1.69 bits per heavy atom. The summed E-state index contributed by atoms with van der Waals surface area (Å²) in [6.45, 7) is 15.0. The van der Waals surface area contributed by atoms with Crippen LogP contribution in [0, 0.1) is 5.41 Å². The van der Waals surface area contributed by atoms with E-state index in [9.17, 15) is 27.2 Å². The quantitative estimate of drug-likeness (QED) is 0.0564. The molecule has 2 aromatic carbocycles. The zero-order valence-electron chi connectivity index (χ0n) is 32.9. The third-order valence-corrected chi connectivity index (χ3v) is 7.97. The van der Waals surface area contributed by atoms with Gasteiger partial charge in [0.2, 0.25) is 6.41 Å². The van der Waals surface area contributed by atoms with Crippen LogP contribution in [0.25, 0.3) is 11.3 Å². The van der Waals surface area contributed by atoms with Crippen molar-refractivity contribution in [3.05, 3.63) is 70.9 Å². The number of nitrogens with two attached hydrogens (primary N) is 1. The summed E-state index contributed by atoms with van der Waals surface area (Å²) < 4.78 is 52.3. The normalized spacial score (nSPS) is 14.4. The van der Waals surface area contributed by atoms with Crippen LogP contribution in [-0.4, -0.2) is 92.6 Å². The van der Waals surface area contributed by atoms with Crippen LogP contribution in [0.3, 0.4) is 0 Å². The molecule has 0 aliphatic heterocycles. The van der Waals surface area contributed by atoms with Crippen LogP contribution >= 0.6 is 11.6 Å². The van der Waals surface area contributed by atoms with Gasteiger partial charge in [-0.2, -0.15) is 23.4 Å². The van der Waals surface area contributed by atoms with E-state index in [1.54, 1.807) is 40.1 Å². The van der Waals surface area contributed by atoms with Crippen molar-refractivity contribution in [3.63, 3.8) is 0 Å². The molecule has 304 valence electrons. The Hall–Kier alpha value is -4.83. The lowest BCUT2D eigenvalue weighted by Crippen LogP contribution is -2.44. The average Bonchev–Trinajstić information content (AvgIpc) is 3.82. The summed E-state index contributed by atoms with van der Waals surface area (Å²) >= 11 is 6.48. The number of amides is 1. The number of nitrogens with zero attached hydrogens (tertiary/aromatic N) is 7. The first-order valence-electron chi connectivity index (χ1n) is 17.2. The minimum absolute atomic E-state index is 0.00917. The van der Waals surface area contributed by atoms with E-state index in [0.29, 0.717) is 36.5 Å². The SMILES string of the molecule is C=N/C=N\N(CC)c1cc(C(COC)N(C)C(N)=NC(C=O)c2ccc(-c3ccn(C)n3)cc2)ccc1Cl.CC(C)(C)C.CF.O=CNC1(C(F)(F)F)CC1. The largest absolute Gasteiger partial charge is 0.411 e. The van der Waals surface area contributed by atoms with Gasteiger partial charge in [0.15, 0.2) is 5.96 Å². The number of aromatic nitrogens is 2. The second-order valence-electron chi connectivity index (χ2n) is 13.8. The molecule has 1 aliphatic carbocycles. The highest BCUT2D eigenvalue weighted by molar-refractivity contribution is 6.33. The number of aryl methyl sites for hydroxylation is 1. The second kappa shape index (κ2) is 22.5. The molecule has 1 heterocycles. The predicted octanol–water partition coefficient (Wildman–Crippen LogP) is 7.55. The molecule has 1 fully saturated rings. The van der Waals surface area contributed by atoms with Gasteiger partial charge in [0.25, 0.3) is 0 Å². The summed E-state index contributed by atoms with van der Waals surface area (Å²) in [5, 5.41) is 12.7. The van der Waals surface area contributed by atoms with E-state index in [1.807, 2.05) is 62.6 Å². The molecule has 55 heavy (non-hydrogen) atoms. The first kappa shape index (κ1) is 48.2. The molecule has 2 unspecified atom stereocenters. The molecule has 0 saturated heterocycles. The number of hydrogen-bond donors (Lipinski definition) is 2. The molecule has 12 nitrogen and oxygen atoms in total. The van der Waals surface area contributed by atoms with Gasteiger partial charge in [-0.25, -0.2) is 4.99 Å². The summed E-state index contributed by atoms with van der Waals surface area (Å²) in [5.41, 5.74) is 9.14. The van der Waals surface area contributed by atoms with Gasteiger partial charge in [0, 0.05) is 39.5 Å². The number of ether oxygens (including phenoxy) is 1. The van der Waals surface area contributed by atoms with Crippen LogP contribution in [0.2, 0.25) is 5.02 Å². The van der Waals surface area contributed by atoms with Crippen LogP contribution in [0.1, 0.15) is 70.7 Å². The maximum Gasteiger partial charge on any atom is 0.411 e. The van der Waals surface area contributed by atoms with Crippen LogP contribution in [0.4, 0.5) is 23.2 Å². The smallest absolute Gasteiger partial charge is 0.382 e. The number of alkyl halides is 4. The van der Waals surface area contributed by atoms with Crippen LogP contribution < -0.4 is 16.1 Å². The zero-order valence-corrected chi connectivity index (χ0v) is 33.7. The number of anilines is 1. The third kappa shape index (κ3) is 15.4. The Kier molecular flexibility index (Phi) is 19.7. The summed E-state index contributed by atoms with van der Waals surface area (Å²) in [5.74, 6) is 0.190. The monoisotopic (exact) mass is 795 g/mol. The zero-order chi connectivity index (χ0) is 42.0. The molecule has 1 amide bonds. The number of aliphatic imine (C=N–C) groups is 2. The molecule has 0 bridgehead atoms. The summed E-state index contributed by atoms with van der Waals surface area (Å²) in [6.07, 6.45) is -0.159. The minimum Gasteiger partial charge on any atom is -0.382 e. The average molecular weight is 796 g/mol. The van der Waals surface area contributed by atoms with Crippen molar-refractivity contribution in [3.8, 4) is 11.3 Å². The fourth-order valence-corrected chi connectivity index (χ4v) is 4.90. The highest BCUT2D eigenvalue weighted by atomic mass is 35.5. The number of benzene rings is 2. The van der Waals surface area contributed by atoms with E-state index < -0.39 is 17.8 Å². The summed E-state index contributed by atoms with van der Waals surface area (Å²) in [7, 11) is 5.78. The molecule has 1 aliphatic rings. The molecule has 1 aromatic heterocycles. The number of guanidine groups is 1. The van der Waals surface area contributed by atoms with Crippen LogP contribution in [-0.2, 0) is 21.4 Å². The van der Waals surface area contributed by atoms with Gasteiger partial charge in [-0.3, -0.25) is 23.9 Å². The highest BCUT2D eigenvalue weighted by Crippen LogP contribution is 2.48.